The van der Waals surface area contributed by atoms with Gasteiger partial charge in [-0.25, -0.2) is 5.48 Å². The van der Waals surface area contributed by atoms with Crippen LogP contribution in [0.4, 0.5) is 0 Å². The summed E-state index contributed by atoms with van der Waals surface area (Å²) in [6, 6.07) is 0. The third-order valence-electron chi connectivity index (χ3n) is 0.965. The molecule has 0 aromatic carbocycles. The van der Waals surface area contributed by atoms with Crippen molar-refractivity contribution < 1.29 is 9.63 Å². The zero-order chi connectivity index (χ0) is 8.10. The van der Waals surface area contributed by atoms with E-state index in [-0.39, 0.29) is 5.91 Å². The Labute approximate surface area is 68.2 Å². The normalized spacial score (nSPS) is 9.55. The molecule has 4 nitrogen and oxygen atoms in total. The Bertz CT molecular complexity index is 222. The van der Waals surface area contributed by atoms with Gasteiger partial charge in [0.05, 0.1) is 18.3 Å². The van der Waals surface area contributed by atoms with Crippen molar-refractivity contribution in [3.8, 4) is 0 Å². The molecule has 1 aromatic heterocycles. The van der Waals surface area contributed by atoms with E-state index >= 15 is 0 Å². The number of carbonyl (C=O) groups is 1. The number of hydrogen-bond acceptors (Lipinski definition) is 4. The molecular formula is C6H8N2O2S. The molecule has 0 fully saturated rings. The number of carbonyl (C=O) groups excluding carboxylic acids is 1. The zero-order valence-corrected chi connectivity index (χ0v) is 6.85. The van der Waals surface area contributed by atoms with Crippen molar-refractivity contribution in [2.45, 2.75) is 6.92 Å². The molecule has 1 N–H and O–H groups in total. The van der Waals surface area contributed by atoms with Crippen LogP contribution in [0.5, 0.6) is 0 Å². The van der Waals surface area contributed by atoms with Gasteiger partial charge in [0.15, 0.2) is 0 Å². The van der Waals surface area contributed by atoms with Gasteiger partial charge in [-0.2, -0.15) is 0 Å². The lowest BCUT2D eigenvalue weighted by Crippen LogP contribution is -2.22. The third kappa shape index (κ3) is 2.28. The maximum atomic E-state index is 11.0. The number of hydroxylamine groups is 1. The predicted octanol–water partition coefficient (Wildman–Crippen LogP) is 0.824. The summed E-state index contributed by atoms with van der Waals surface area (Å²) in [5.74, 6) is -0.241. The van der Waals surface area contributed by atoms with Crippen molar-refractivity contribution in [1.29, 1.82) is 0 Å². The van der Waals surface area contributed by atoms with Crippen molar-refractivity contribution in [2.24, 2.45) is 0 Å². The van der Waals surface area contributed by atoms with Gasteiger partial charge in [-0.3, -0.25) is 14.6 Å². The van der Waals surface area contributed by atoms with Crippen molar-refractivity contribution in [3.05, 3.63) is 16.6 Å². The van der Waals surface area contributed by atoms with Crippen LogP contribution in [-0.2, 0) is 4.84 Å². The minimum atomic E-state index is -0.241. The molecule has 1 rings (SSSR count). The molecule has 1 heterocycles. The van der Waals surface area contributed by atoms with Crippen LogP contribution in [0.25, 0.3) is 0 Å². The summed E-state index contributed by atoms with van der Waals surface area (Å²) in [7, 11) is 0. The molecule has 0 aliphatic carbocycles. The fraction of sp³-hybridized carbons (Fsp3) is 0.333. The van der Waals surface area contributed by atoms with E-state index in [1.807, 2.05) is 0 Å². The molecule has 0 bridgehead atoms. The summed E-state index contributed by atoms with van der Waals surface area (Å²) in [5, 5.41) is 0. The first-order valence-electron chi connectivity index (χ1n) is 3.15. The van der Waals surface area contributed by atoms with E-state index in [1.165, 1.54) is 17.5 Å². The molecule has 0 saturated carbocycles. The highest BCUT2D eigenvalue weighted by atomic mass is 32.1. The molecule has 0 radical (unpaired) electrons. The number of aromatic nitrogens is 1. The summed E-state index contributed by atoms with van der Waals surface area (Å²) in [6.45, 7) is 2.26. The predicted molar refractivity (Wildman–Crippen MR) is 41.2 cm³/mol. The standard InChI is InChI=1S/C6H8N2O2S/c1-2-10-8-6(9)5-3-7-4-11-5/h3-4H,2H2,1H3,(H,8,9). The Kier molecular flexibility index (Phi) is 3.00. The SMILES string of the molecule is CCONC(=O)c1cncs1. The fourth-order valence-electron chi connectivity index (χ4n) is 0.516. The maximum Gasteiger partial charge on any atom is 0.286 e. The highest BCUT2D eigenvalue weighted by molar-refractivity contribution is 7.11. The Morgan fingerprint density at radius 2 is 2.73 bits per heavy atom. The van der Waals surface area contributed by atoms with E-state index in [2.05, 4.69) is 10.5 Å². The van der Waals surface area contributed by atoms with Crippen LogP contribution in [0, 0.1) is 0 Å². The molecule has 1 amide bonds. The number of nitrogens with one attached hydrogen (secondary N) is 1. The van der Waals surface area contributed by atoms with Crippen molar-refractivity contribution >= 4 is 17.2 Å². The highest BCUT2D eigenvalue weighted by Crippen LogP contribution is 2.03. The monoisotopic (exact) mass is 172 g/mol. The van der Waals surface area contributed by atoms with Gasteiger partial charge in [-0.15, -0.1) is 11.3 Å². The van der Waals surface area contributed by atoms with E-state index in [9.17, 15) is 4.79 Å². The number of hydrogen-bond donors (Lipinski definition) is 1. The van der Waals surface area contributed by atoms with Crippen molar-refractivity contribution in [1.82, 2.24) is 10.5 Å². The van der Waals surface area contributed by atoms with Crippen molar-refractivity contribution in [3.63, 3.8) is 0 Å². The van der Waals surface area contributed by atoms with Gasteiger partial charge in [0.2, 0.25) is 0 Å². The average Bonchev–Trinajstić information content (AvgIpc) is 2.52. The summed E-state index contributed by atoms with van der Waals surface area (Å²) < 4.78 is 0. The first kappa shape index (κ1) is 8.16. The van der Waals surface area contributed by atoms with Gasteiger partial charge in [0, 0.05) is 0 Å². The van der Waals surface area contributed by atoms with Crippen LogP contribution in [0.3, 0.4) is 0 Å². The Morgan fingerprint density at radius 1 is 1.91 bits per heavy atom. The summed E-state index contributed by atoms with van der Waals surface area (Å²) in [4.78, 5) is 20.0. The second-order valence-electron chi connectivity index (χ2n) is 1.73. The second kappa shape index (κ2) is 4.05. The Balaban J connectivity index is 2.43. The number of nitrogens with zero attached hydrogens (tertiary/aromatic N) is 1. The number of amides is 1. The van der Waals surface area contributed by atoms with Gasteiger partial charge in [-0.05, 0) is 6.92 Å². The van der Waals surface area contributed by atoms with Gasteiger partial charge in [0.1, 0.15) is 4.88 Å². The number of thiazole rings is 1. The van der Waals surface area contributed by atoms with E-state index in [4.69, 9.17) is 4.84 Å². The van der Waals surface area contributed by atoms with Gasteiger partial charge in [0.25, 0.3) is 5.91 Å². The zero-order valence-electron chi connectivity index (χ0n) is 6.03. The molecule has 5 heteroatoms. The van der Waals surface area contributed by atoms with Crippen LogP contribution < -0.4 is 5.48 Å². The quantitative estimate of drug-likeness (QED) is 0.687. The smallest absolute Gasteiger partial charge is 0.274 e. The lowest BCUT2D eigenvalue weighted by molar-refractivity contribution is 0.0368. The van der Waals surface area contributed by atoms with Gasteiger partial charge < -0.3 is 0 Å². The minimum Gasteiger partial charge on any atom is -0.274 e. The molecular weight excluding hydrogens is 164 g/mol. The molecule has 0 unspecified atom stereocenters. The van der Waals surface area contributed by atoms with E-state index in [0.29, 0.717) is 11.5 Å². The Morgan fingerprint density at radius 3 is 3.27 bits per heavy atom. The summed E-state index contributed by atoms with van der Waals surface area (Å²) >= 11 is 1.28. The topological polar surface area (TPSA) is 51.2 Å². The molecule has 0 saturated heterocycles. The Hall–Kier alpha value is -0.940. The van der Waals surface area contributed by atoms with Crippen LogP contribution >= 0.6 is 11.3 Å². The maximum absolute atomic E-state index is 11.0. The van der Waals surface area contributed by atoms with Gasteiger partial charge >= 0.3 is 0 Å². The second-order valence-corrected chi connectivity index (χ2v) is 2.62. The number of rotatable bonds is 3. The fourth-order valence-corrected chi connectivity index (χ4v) is 1.02. The van der Waals surface area contributed by atoms with Gasteiger partial charge in [-0.1, -0.05) is 0 Å². The van der Waals surface area contributed by atoms with E-state index < -0.39 is 0 Å². The van der Waals surface area contributed by atoms with Crippen molar-refractivity contribution in [2.75, 3.05) is 6.61 Å². The summed E-state index contributed by atoms with van der Waals surface area (Å²) in [5.41, 5.74) is 3.86. The molecule has 0 aliphatic rings. The van der Waals surface area contributed by atoms with E-state index in [1.54, 1.807) is 12.4 Å². The molecule has 0 atom stereocenters. The lowest BCUT2D eigenvalue weighted by atomic mass is 10.5. The average molecular weight is 172 g/mol. The largest absolute Gasteiger partial charge is 0.286 e. The minimum absolute atomic E-state index is 0.241. The van der Waals surface area contributed by atoms with E-state index in [0.717, 1.165) is 0 Å². The molecule has 0 aliphatic heterocycles. The molecule has 1 aromatic rings. The molecule has 60 valence electrons. The highest BCUT2D eigenvalue weighted by Gasteiger charge is 2.04. The lowest BCUT2D eigenvalue weighted by Gasteiger charge is -1.99. The van der Waals surface area contributed by atoms with Crippen LogP contribution in [0.1, 0.15) is 16.6 Å². The summed E-state index contributed by atoms with van der Waals surface area (Å²) in [6.07, 6.45) is 1.50. The molecule has 0 spiro atoms. The first-order chi connectivity index (χ1) is 5.34. The van der Waals surface area contributed by atoms with Crippen LogP contribution in [0.2, 0.25) is 0 Å². The third-order valence-corrected chi connectivity index (χ3v) is 1.74. The first-order valence-corrected chi connectivity index (χ1v) is 4.03. The van der Waals surface area contributed by atoms with Crippen LogP contribution in [0.15, 0.2) is 11.7 Å². The molecule has 11 heavy (non-hydrogen) atoms. The van der Waals surface area contributed by atoms with Crippen LogP contribution in [-0.4, -0.2) is 17.5 Å².